The van der Waals surface area contributed by atoms with E-state index in [4.69, 9.17) is 9.47 Å². The van der Waals surface area contributed by atoms with Crippen LogP contribution in [0.25, 0.3) is 21.6 Å². The first kappa shape index (κ1) is 16.3. The number of rotatable bonds is 6. The molecule has 2 heterocycles. The Labute approximate surface area is 152 Å². The Bertz CT molecular complexity index is 809. The van der Waals surface area contributed by atoms with Crippen LogP contribution in [0.3, 0.4) is 0 Å². The van der Waals surface area contributed by atoms with Crippen LogP contribution in [-0.4, -0.2) is 20.2 Å². The van der Waals surface area contributed by atoms with Crippen LogP contribution in [0.2, 0.25) is 0 Å². The molecule has 0 aliphatic carbocycles. The first-order valence-electron chi connectivity index (χ1n) is 8.58. The quantitative estimate of drug-likeness (QED) is 0.477. The van der Waals surface area contributed by atoms with Crippen LogP contribution in [0.5, 0.6) is 11.5 Å². The van der Waals surface area contributed by atoms with Gasteiger partial charge in [0.05, 0.1) is 6.61 Å². The molecule has 1 aromatic heterocycles. The molecule has 0 fully saturated rings. The zero-order chi connectivity index (χ0) is 17.1. The number of fused-ring (bicyclic) bond motifs is 5. The third-order valence-corrected chi connectivity index (χ3v) is 5.41. The first-order valence-corrected chi connectivity index (χ1v) is 9.40. The molecule has 0 amide bonds. The standard InChI is InChI=1S/C21H21NO2S/c1-22-11-6-12-23-14-15-13-18-16-7-2-4-9-19(16)24-20-10-5-3-8-17(20)21(18)25-15/h2-5,7-10,13,22H,6,11-12,14H2,1H3. The maximum atomic E-state index is 6.18. The zero-order valence-electron chi connectivity index (χ0n) is 14.2. The molecule has 0 spiro atoms. The minimum Gasteiger partial charge on any atom is -0.456 e. The highest BCUT2D eigenvalue weighted by atomic mass is 32.1. The van der Waals surface area contributed by atoms with Crippen molar-refractivity contribution in [2.75, 3.05) is 20.2 Å². The van der Waals surface area contributed by atoms with Crippen molar-refractivity contribution in [1.82, 2.24) is 5.32 Å². The van der Waals surface area contributed by atoms with Crippen molar-refractivity contribution in [3.8, 4) is 33.1 Å². The molecule has 0 unspecified atom stereocenters. The molecule has 0 atom stereocenters. The zero-order valence-corrected chi connectivity index (χ0v) is 15.1. The summed E-state index contributed by atoms with van der Waals surface area (Å²) in [6.07, 6.45) is 1.03. The third kappa shape index (κ3) is 3.33. The van der Waals surface area contributed by atoms with E-state index in [0.29, 0.717) is 6.61 Å². The smallest absolute Gasteiger partial charge is 0.136 e. The fraction of sp³-hybridized carbons (Fsp3) is 0.238. The number of hydrogen-bond donors (Lipinski definition) is 1. The fourth-order valence-corrected chi connectivity index (χ4v) is 4.22. The molecule has 0 saturated heterocycles. The molecular formula is C21H21NO2S. The SMILES string of the molecule is CNCCCOCc1cc2c(s1)-c1ccccc1Oc1ccccc1-2. The van der Waals surface area contributed by atoms with E-state index in [-0.39, 0.29) is 0 Å². The van der Waals surface area contributed by atoms with Gasteiger partial charge in [0, 0.05) is 33.1 Å². The Hall–Kier alpha value is -2.14. The normalized spacial score (nSPS) is 11.9. The maximum Gasteiger partial charge on any atom is 0.136 e. The van der Waals surface area contributed by atoms with Crippen LogP contribution >= 0.6 is 11.3 Å². The molecule has 2 aromatic carbocycles. The highest BCUT2D eigenvalue weighted by Crippen LogP contribution is 2.49. The third-order valence-electron chi connectivity index (χ3n) is 4.27. The summed E-state index contributed by atoms with van der Waals surface area (Å²) < 4.78 is 12.0. The minimum atomic E-state index is 0.659. The summed E-state index contributed by atoms with van der Waals surface area (Å²) in [5.74, 6) is 1.82. The maximum absolute atomic E-state index is 6.18. The topological polar surface area (TPSA) is 30.5 Å². The largest absolute Gasteiger partial charge is 0.456 e. The lowest BCUT2D eigenvalue weighted by molar-refractivity contribution is 0.121. The monoisotopic (exact) mass is 351 g/mol. The van der Waals surface area contributed by atoms with Gasteiger partial charge in [0.2, 0.25) is 0 Å². The van der Waals surface area contributed by atoms with E-state index in [1.165, 1.54) is 15.3 Å². The van der Waals surface area contributed by atoms with Gasteiger partial charge < -0.3 is 14.8 Å². The van der Waals surface area contributed by atoms with Crippen molar-refractivity contribution in [3.63, 3.8) is 0 Å². The molecule has 1 aliphatic heterocycles. The number of thiophene rings is 1. The van der Waals surface area contributed by atoms with Gasteiger partial charge in [-0.25, -0.2) is 0 Å². The van der Waals surface area contributed by atoms with Crippen molar-refractivity contribution in [2.24, 2.45) is 0 Å². The molecule has 1 N–H and O–H groups in total. The molecule has 128 valence electrons. The van der Waals surface area contributed by atoms with Gasteiger partial charge in [0.1, 0.15) is 11.5 Å². The second kappa shape index (κ2) is 7.40. The van der Waals surface area contributed by atoms with E-state index in [1.54, 1.807) is 11.3 Å². The predicted octanol–water partition coefficient (Wildman–Crippen LogP) is 5.31. The molecular weight excluding hydrogens is 330 g/mol. The lowest BCUT2D eigenvalue weighted by Crippen LogP contribution is -2.10. The van der Waals surface area contributed by atoms with Crippen molar-refractivity contribution in [2.45, 2.75) is 13.0 Å². The van der Waals surface area contributed by atoms with Crippen LogP contribution in [-0.2, 0) is 11.3 Å². The van der Waals surface area contributed by atoms with Gasteiger partial charge in [-0.05, 0) is 44.3 Å². The summed E-state index contributed by atoms with van der Waals surface area (Å²) in [5, 5.41) is 3.14. The van der Waals surface area contributed by atoms with E-state index in [2.05, 4.69) is 35.6 Å². The number of ether oxygens (including phenoxy) is 2. The van der Waals surface area contributed by atoms with Gasteiger partial charge in [-0.1, -0.05) is 30.3 Å². The van der Waals surface area contributed by atoms with Gasteiger partial charge in [-0.3, -0.25) is 0 Å². The molecule has 4 heteroatoms. The summed E-state index contributed by atoms with van der Waals surface area (Å²) in [6.45, 7) is 2.42. The lowest BCUT2D eigenvalue weighted by atomic mass is 10.0. The van der Waals surface area contributed by atoms with Gasteiger partial charge in [0.25, 0.3) is 0 Å². The summed E-state index contributed by atoms with van der Waals surface area (Å²) in [4.78, 5) is 2.51. The van der Waals surface area contributed by atoms with Crippen molar-refractivity contribution < 1.29 is 9.47 Å². The number of para-hydroxylation sites is 2. The van der Waals surface area contributed by atoms with Crippen LogP contribution in [0.1, 0.15) is 11.3 Å². The molecule has 0 radical (unpaired) electrons. The molecule has 0 bridgehead atoms. The molecule has 3 aromatic rings. The Kier molecular flexibility index (Phi) is 4.83. The lowest BCUT2D eigenvalue weighted by Gasteiger charge is -2.08. The van der Waals surface area contributed by atoms with E-state index >= 15 is 0 Å². The summed E-state index contributed by atoms with van der Waals surface area (Å²) >= 11 is 1.80. The van der Waals surface area contributed by atoms with Crippen LogP contribution in [0.4, 0.5) is 0 Å². The number of nitrogens with one attached hydrogen (secondary N) is 1. The van der Waals surface area contributed by atoms with Crippen LogP contribution in [0, 0.1) is 0 Å². The number of benzene rings is 2. The van der Waals surface area contributed by atoms with Gasteiger partial charge in [-0.2, -0.15) is 0 Å². The predicted molar refractivity (Wildman–Crippen MR) is 103 cm³/mol. The molecule has 0 saturated carbocycles. The van der Waals surface area contributed by atoms with Gasteiger partial charge in [0.15, 0.2) is 0 Å². The second-order valence-electron chi connectivity index (χ2n) is 6.06. The Balaban J connectivity index is 1.68. The fourth-order valence-electron chi connectivity index (χ4n) is 3.08. The summed E-state index contributed by atoms with van der Waals surface area (Å²) in [6, 6.07) is 18.8. The molecule has 25 heavy (non-hydrogen) atoms. The Morgan fingerprint density at radius 3 is 2.48 bits per heavy atom. The summed E-state index contributed by atoms with van der Waals surface area (Å²) in [7, 11) is 1.97. The second-order valence-corrected chi connectivity index (χ2v) is 7.20. The van der Waals surface area contributed by atoms with Crippen molar-refractivity contribution >= 4 is 11.3 Å². The van der Waals surface area contributed by atoms with Crippen molar-refractivity contribution in [1.29, 1.82) is 0 Å². The molecule has 1 aliphatic rings. The van der Waals surface area contributed by atoms with E-state index in [1.807, 2.05) is 31.3 Å². The minimum absolute atomic E-state index is 0.659. The Morgan fingerprint density at radius 2 is 1.68 bits per heavy atom. The van der Waals surface area contributed by atoms with Gasteiger partial charge in [-0.15, -0.1) is 11.3 Å². The van der Waals surface area contributed by atoms with Crippen LogP contribution < -0.4 is 10.1 Å². The molecule has 3 nitrogen and oxygen atoms in total. The highest BCUT2D eigenvalue weighted by molar-refractivity contribution is 7.16. The van der Waals surface area contributed by atoms with Gasteiger partial charge >= 0.3 is 0 Å². The molecule has 4 rings (SSSR count). The van der Waals surface area contributed by atoms with E-state index in [9.17, 15) is 0 Å². The highest BCUT2D eigenvalue weighted by Gasteiger charge is 2.22. The van der Waals surface area contributed by atoms with Crippen LogP contribution in [0.15, 0.2) is 54.6 Å². The van der Waals surface area contributed by atoms with E-state index in [0.717, 1.165) is 42.2 Å². The average Bonchev–Trinajstić information content (AvgIpc) is 3.01. The Morgan fingerprint density at radius 1 is 0.960 bits per heavy atom. The van der Waals surface area contributed by atoms with Crippen molar-refractivity contribution in [3.05, 3.63) is 59.5 Å². The number of hydrogen-bond acceptors (Lipinski definition) is 4. The summed E-state index contributed by atoms with van der Waals surface area (Å²) in [5.41, 5.74) is 3.53. The average molecular weight is 351 g/mol. The first-order chi connectivity index (χ1) is 12.4. The van der Waals surface area contributed by atoms with E-state index < -0.39 is 0 Å².